The van der Waals surface area contributed by atoms with Crippen LogP contribution in [-0.4, -0.2) is 29.1 Å². The lowest BCUT2D eigenvalue weighted by molar-refractivity contribution is -0.137. The van der Waals surface area contributed by atoms with Gasteiger partial charge in [-0.25, -0.2) is 0 Å². The van der Waals surface area contributed by atoms with Crippen LogP contribution in [0.15, 0.2) is 24.3 Å². The highest BCUT2D eigenvalue weighted by Crippen LogP contribution is 2.36. The van der Waals surface area contributed by atoms with Crippen molar-refractivity contribution in [2.45, 2.75) is 30.8 Å². The zero-order chi connectivity index (χ0) is 15.3. The molecule has 0 aromatic heterocycles. The van der Waals surface area contributed by atoms with Crippen molar-refractivity contribution in [3.8, 4) is 0 Å². The number of nitrogens with one attached hydrogen (secondary N) is 1. The summed E-state index contributed by atoms with van der Waals surface area (Å²) in [5.41, 5.74) is 0.190. The van der Waals surface area contributed by atoms with E-state index in [-0.39, 0.29) is 6.04 Å². The Hall–Kier alpha value is -0.330. The predicted octanol–water partition coefficient (Wildman–Crippen LogP) is 4.59. The van der Waals surface area contributed by atoms with Crippen LogP contribution < -0.4 is 5.32 Å². The maximum atomic E-state index is 12.9. The fourth-order valence-corrected chi connectivity index (χ4v) is 5.24. The second-order valence-corrected chi connectivity index (χ2v) is 7.54. The minimum Gasteiger partial charge on any atom is -0.309 e. The highest BCUT2D eigenvalue weighted by atomic mass is 32.2. The van der Waals surface area contributed by atoms with Crippen LogP contribution in [0, 0.1) is 0 Å². The average Bonchev–Trinajstić information content (AvgIpc) is 2.48. The smallest absolute Gasteiger partial charge is 0.309 e. The maximum Gasteiger partial charge on any atom is 0.416 e. The molecule has 1 saturated heterocycles. The molecule has 21 heavy (non-hydrogen) atoms. The van der Waals surface area contributed by atoms with Crippen molar-refractivity contribution in [1.29, 1.82) is 0 Å². The lowest BCUT2D eigenvalue weighted by Crippen LogP contribution is -2.34. The van der Waals surface area contributed by atoms with Gasteiger partial charge in [0.15, 0.2) is 0 Å². The molecule has 1 heterocycles. The van der Waals surface area contributed by atoms with Gasteiger partial charge in [-0.15, -0.1) is 0 Å². The van der Waals surface area contributed by atoms with Gasteiger partial charge in [0.1, 0.15) is 0 Å². The molecule has 0 radical (unpaired) electrons. The molecule has 1 aromatic carbocycles. The molecule has 1 aromatic rings. The largest absolute Gasteiger partial charge is 0.416 e. The number of thioether (sulfide) groups is 2. The van der Waals surface area contributed by atoms with E-state index in [1.807, 2.05) is 29.6 Å². The number of halogens is 3. The molecule has 6 heteroatoms. The van der Waals surface area contributed by atoms with Gasteiger partial charge in [0, 0.05) is 28.6 Å². The molecular formula is C15H20F3NS2. The summed E-state index contributed by atoms with van der Waals surface area (Å²) in [6, 6.07) is 5.75. The van der Waals surface area contributed by atoms with Gasteiger partial charge in [0.05, 0.1) is 5.56 Å². The standard InChI is InChI=1S/C15H20F3NS2/c1-2-6-19-14(13-10-20-7-8-21-13)11-4-3-5-12(9-11)15(16,17)18/h3-5,9,13-14,19H,2,6-8,10H2,1H3. The van der Waals surface area contributed by atoms with Crippen LogP contribution in [0.25, 0.3) is 0 Å². The SMILES string of the molecule is CCCNC(c1cccc(C(F)(F)F)c1)C1CSCCS1. The Morgan fingerprint density at radius 1 is 1.33 bits per heavy atom. The summed E-state index contributed by atoms with van der Waals surface area (Å²) >= 11 is 3.75. The summed E-state index contributed by atoms with van der Waals surface area (Å²) in [6.07, 6.45) is -3.31. The Labute approximate surface area is 132 Å². The van der Waals surface area contributed by atoms with Gasteiger partial charge in [-0.05, 0) is 30.7 Å². The second-order valence-electron chi connectivity index (χ2n) is 5.04. The number of alkyl halides is 3. The van der Waals surface area contributed by atoms with E-state index in [4.69, 9.17) is 0 Å². The van der Waals surface area contributed by atoms with E-state index >= 15 is 0 Å². The minimum absolute atomic E-state index is 0.00921. The predicted molar refractivity (Wildman–Crippen MR) is 86.0 cm³/mol. The molecule has 0 spiro atoms. The molecule has 1 nitrogen and oxygen atoms in total. The summed E-state index contributed by atoms with van der Waals surface area (Å²) in [4.78, 5) is 0. The van der Waals surface area contributed by atoms with Gasteiger partial charge < -0.3 is 5.32 Å². The van der Waals surface area contributed by atoms with Crippen LogP contribution >= 0.6 is 23.5 Å². The highest BCUT2D eigenvalue weighted by Gasteiger charge is 2.32. The Bertz CT molecular complexity index is 445. The third kappa shape index (κ3) is 4.83. The molecule has 0 bridgehead atoms. The summed E-state index contributed by atoms with van der Waals surface area (Å²) in [6.45, 7) is 2.89. The van der Waals surface area contributed by atoms with Crippen molar-refractivity contribution >= 4 is 23.5 Å². The topological polar surface area (TPSA) is 12.0 Å². The van der Waals surface area contributed by atoms with Crippen LogP contribution in [0.1, 0.15) is 30.5 Å². The molecule has 2 unspecified atom stereocenters. The molecule has 118 valence electrons. The van der Waals surface area contributed by atoms with Crippen LogP contribution in [0.2, 0.25) is 0 Å². The molecule has 1 aliphatic heterocycles. The van der Waals surface area contributed by atoms with Gasteiger partial charge in [0.25, 0.3) is 0 Å². The van der Waals surface area contributed by atoms with E-state index in [0.29, 0.717) is 5.25 Å². The van der Waals surface area contributed by atoms with Crippen molar-refractivity contribution in [2.75, 3.05) is 23.8 Å². The summed E-state index contributed by atoms with van der Waals surface area (Å²) in [5.74, 6) is 3.19. The van der Waals surface area contributed by atoms with Crippen molar-refractivity contribution in [2.24, 2.45) is 0 Å². The van der Waals surface area contributed by atoms with Crippen molar-refractivity contribution in [3.05, 3.63) is 35.4 Å². The number of rotatable bonds is 5. The summed E-state index contributed by atoms with van der Waals surface area (Å²) < 4.78 is 38.7. The normalized spacial score (nSPS) is 21.2. The minimum atomic E-state index is -4.28. The Kier molecular flexibility index (Phi) is 6.32. The zero-order valence-corrected chi connectivity index (χ0v) is 13.6. The molecule has 0 aliphatic carbocycles. The highest BCUT2D eigenvalue weighted by molar-refractivity contribution is 8.06. The molecule has 2 atom stereocenters. The molecule has 1 aliphatic rings. The van der Waals surface area contributed by atoms with Crippen LogP contribution in [0.3, 0.4) is 0 Å². The summed E-state index contributed by atoms with van der Waals surface area (Å²) in [5, 5.41) is 3.76. The van der Waals surface area contributed by atoms with Crippen LogP contribution in [0.5, 0.6) is 0 Å². The third-order valence-corrected chi connectivity index (χ3v) is 6.26. The lowest BCUT2D eigenvalue weighted by atomic mass is 10.0. The Balaban J connectivity index is 2.22. The zero-order valence-electron chi connectivity index (χ0n) is 12.0. The first-order valence-corrected chi connectivity index (χ1v) is 9.32. The fraction of sp³-hybridized carbons (Fsp3) is 0.600. The van der Waals surface area contributed by atoms with E-state index in [2.05, 4.69) is 12.2 Å². The van der Waals surface area contributed by atoms with Crippen molar-refractivity contribution in [3.63, 3.8) is 0 Å². The van der Waals surface area contributed by atoms with Crippen LogP contribution in [-0.2, 0) is 6.18 Å². The third-order valence-electron chi connectivity index (χ3n) is 3.40. The molecular weight excluding hydrogens is 315 g/mol. The van der Waals surface area contributed by atoms with E-state index in [9.17, 15) is 13.2 Å². The Morgan fingerprint density at radius 3 is 2.76 bits per heavy atom. The van der Waals surface area contributed by atoms with Gasteiger partial charge in [-0.3, -0.25) is 0 Å². The van der Waals surface area contributed by atoms with E-state index in [1.54, 1.807) is 0 Å². The van der Waals surface area contributed by atoms with E-state index in [1.165, 1.54) is 12.1 Å². The Morgan fingerprint density at radius 2 is 2.14 bits per heavy atom. The van der Waals surface area contributed by atoms with Gasteiger partial charge in [-0.1, -0.05) is 19.1 Å². The molecule has 0 saturated carbocycles. The second kappa shape index (κ2) is 7.79. The number of hydrogen-bond donors (Lipinski definition) is 1. The van der Waals surface area contributed by atoms with Gasteiger partial charge in [-0.2, -0.15) is 36.7 Å². The molecule has 1 fully saturated rings. The molecule has 0 amide bonds. The fourth-order valence-electron chi connectivity index (χ4n) is 2.37. The van der Waals surface area contributed by atoms with Gasteiger partial charge in [0.2, 0.25) is 0 Å². The quantitative estimate of drug-likeness (QED) is 0.845. The molecule has 2 rings (SSSR count). The first kappa shape index (κ1) is 17.0. The lowest BCUT2D eigenvalue weighted by Gasteiger charge is -2.31. The first-order valence-electron chi connectivity index (χ1n) is 7.12. The van der Waals surface area contributed by atoms with Gasteiger partial charge >= 0.3 is 6.18 Å². The molecule has 1 N–H and O–H groups in total. The first-order chi connectivity index (χ1) is 10.0. The maximum absolute atomic E-state index is 12.9. The van der Waals surface area contributed by atoms with Crippen molar-refractivity contribution < 1.29 is 13.2 Å². The number of benzene rings is 1. The van der Waals surface area contributed by atoms with E-state index in [0.717, 1.165) is 41.9 Å². The number of hydrogen-bond acceptors (Lipinski definition) is 3. The average molecular weight is 335 g/mol. The monoisotopic (exact) mass is 335 g/mol. The summed E-state index contributed by atoms with van der Waals surface area (Å²) in [7, 11) is 0. The van der Waals surface area contributed by atoms with Crippen molar-refractivity contribution in [1.82, 2.24) is 5.32 Å². The van der Waals surface area contributed by atoms with Crippen LogP contribution in [0.4, 0.5) is 13.2 Å². The van der Waals surface area contributed by atoms with E-state index < -0.39 is 11.7 Å².